The van der Waals surface area contributed by atoms with Crippen LogP contribution in [0.1, 0.15) is 41.6 Å². The van der Waals surface area contributed by atoms with Crippen LogP contribution in [0.4, 0.5) is 5.69 Å². The van der Waals surface area contributed by atoms with Gasteiger partial charge in [-0.05, 0) is 56.0 Å². The van der Waals surface area contributed by atoms with E-state index in [4.69, 9.17) is 0 Å². The van der Waals surface area contributed by atoms with E-state index >= 15 is 0 Å². The van der Waals surface area contributed by atoms with Gasteiger partial charge in [-0.25, -0.2) is 0 Å². The van der Waals surface area contributed by atoms with Crippen molar-refractivity contribution in [3.05, 3.63) is 29.3 Å². The summed E-state index contributed by atoms with van der Waals surface area (Å²) in [7, 11) is 0. The molecule has 124 valence electrons. The molecule has 1 aromatic rings. The third kappa shape index (κ3) is 2.95. The highest BCUT2D eigenvalue weighted by atomic mass is 35.5. The fraction of sp³-hybridized carbons (Fsp3) is 0.529. The van der Waals surface area contributed by atoms with Crippen LogP contribution >= 0.6 is 12.4 Å². The number of amides is 2. The number of aryl methyl sites for hydroxylation is 1. The first kappa shape index (κ1) is 16.3. The third-order valence-electron chi connectivity index (χ3n) is 5.14. The summed E-state index contributed by atoms with van der Waals surface area (Å²) >= 11 is 0. The summed E-state index contributed by atoms with van der Waals surface area (Å²) < 4.78 is 0. The minimum atomic E-state index is 0. The Balaban J connectivity index is 0.00000156. The zero-order valence-corrected chi connectivity index (χ0v) is 13.8. The molecule has 23 heavy (non-hydrogen) atoms. The summed E-state index contributed by atoms with van der Waals surface area (Å²) in [5.41, 5.74) is 2.69. The number of nitrogens with one attached hydrogen (secondary N) is 2. The first-order chi connectivity index (χ1) is 10.7. The highest BCUT2D eigenvalue weighted by Gasteiger charge is 2.38. The van der Waals surface area contributed by atoms with Crippen molar-refractivity contribution in [3.8, 4) is 0 Å². The Kier molecular flexibility index (Phi) is 4.60. The van der Waals surface area contributed by atoms with E-state index in [2.05, 4.69) is 15.5 Å². The lowest BCUT2D eigenvalue weighted by atomic mass is 9.99. The molecule has 2 amide bonds. The fourth-order valence-corrected chi connectivity index (χ4v) is 3.98. The molecular formula is C17H22ClN3O2. The van der Waals surface area contributed by atoms with Crippen LogP contribution < -0.4 is 10.6 Å². The standard InChI is InChI=1S/C17H21N3O2.ClH/c21-16-6-2-11-9-12(1-5-15(11)19-16)17(22)20-13-3-4-14(20)10-18-8-7-13;/h1,5,9,13-14,18H,2-4,6-8,10H2,(H,19,21);1H. The van der Waals surface area contributed by atoms with E-state index in [1.165, 1.54) is 0 Å². The number of fused-ring (bicyclic) bond motifs is 3. The smallest absolute Gasteiger partial charge is 0.254 e. The number of anilines is 1. The lowest BCUT2D eigenvalue weighted by molar-refractivity contribution is -0.116. The van der Waals surface area contributed by atoms with E-state index in [9.17, 15) is 9.59 Å². The molecule has 0 spiro atoms. The average molecular weight is 336 g/mol. The number of hydrogen-bond acceptors (Lipinski definition) is 3. The third-order valence-corrected chi connectivity index (χ3v) is 5.14. The molecule has 3 heterocycles. The molecule has 0 aromatic heterocycles. The maximum absolute atomic E-state index is 13.0. The number of hydrogen-bond donors (Lipinski definition) is 2. The molecule has 0 aliphatic carbocycles. The zero-order valence-electron chi connectivity index (χ0n) is 13.0. The molecule has 3 aliphatic heterocycles. The van der Waals surface area contributed by atoms with Crippen LogP contribution in [0.15, 0.2) is 18.2 Å². The monoisotopic (exact) mass is 335 g/mol. The number of benzene rings is 1. The van der Waals surface area contributed by atoms with Crippen molar-refractivity contribution in [2.75, 3.05) is 18.4 Å². The topological polar surface area (TPSA) is 61.4 Å². The van der Waals surface area contributed by atoms with Crippen molar-refractivity contribution >= 4 is 29.9 Å². The van der Waals surface area contributed by atoms with Gasteiger partial charge >= 0.3 is 0 Å². The van der Waals surface area contributed by atoms with Crippen molar-refractivity contribution in [1.82, 2.24) is 10.2 Å². The summed E-state index contributed by atoms with van der Waals surface area (Å²) in [5, 5.41) is 6.30. The predicted octanol–water partition coefficient (Wildman–Crippen LogP) is 1.96. The molecule has 2 unspecified atom stereocenters. The van der Waals surface area contributed by atoms with Gasteiger partial charge in [0.05, 0.1) is 0 Å². The number of carbonyl (C=O) groups is 2. The number of halogens is 1. The van der Waals surface area contributed by atoms with Crippen molar-refractivity contribution in [2.45, 2.75) is 44.2 Å². The molecule has 0 radical (unpaired) electrons. The van der Waals surface area contributed by atoms with Gasteiger partial charge < -0.3 is 15.5 Å². The Morgan fingerprint density at radius 3 is 2.83 bits per heavy atom. The van der Waals surface area contributed by atoms with Gasteiger partial charge in [0.15, 0.2) is 0 Å². The second kappa shape index (κ2) is 6.49. The molecule has 4 rings (SSSR count). The molecule has 2 fully saturated rings. The van der Waals surface area contributed by atoms with Crippen LogP contribution in [-0.2, 0) is 11.2 Å². The summed E-state index contributed by atoms with van der Waals surface area (Å²) in [5.74, 6) is 0.208. The Hall–Kier alpha value is -1.59. The van der Waals surface area contributed by atoms with Crippen LogP contribution in [0, 0.1) is 0 Å². The second-order valence-electron chi connectivity index (χ2n) is 6.51. The van der Waals surface area contributed by atoms with E-state index in [0.29, 0.717) is 18.5 Å². The molecule has 5 nitrogen and oxygen atoms in total. The molecule has 2 N–H and O–H groups in total. The summed E-state index contributed by atoms with van der Waals surface area (Å²) in [6, 6.07) is 6.40. The lowest BCUT2D eigenvalue weighted by Crippen LogP contribution is -2.42. The highest BCUT2D eigenvalue weighted by molar-refractivity contribution is 5.98. The summed E-state index contributed by atoms with van der Waals surface area (Å²) in [6.45, 7) is 1.91. The van der Waals surface area contributed by atoms with Gasteiger partial charge in [0.1, 0.15) is 0 Å². The number of nitrogens with zero attached hydrogens (tertiary/aromatic N) is 1. The van der Waals surface area contributed by atoms with Crippen LogP contribution in [0.5, 0.6) is 0 Å². The largest absolute Gasteiger partial charge is 0.331 e. The van der Waals surface area contributed by atoms with Crippen LogP contribution in [0.25, 0.3) is 0 Å². The average Bonchev–Trinajstić information content (AvgIpc) is 2.79. The van der Waals surface area contributed by atoms with E-state index in [-0.39, 0.29) is 24.2 Å². The molecule has 3 aliphatic rings. The Morgan fingerprint density at radius 1 is 1.13 bits per heavy atom. The number of rotatable bonds is 1. The zero-order chi connectivity index (χ0) is 15.1. The molecular weight excluding hydrogens is 314 g/mol. The quantitative estimate of drug-likeness (QED) is 0.824. The second-order valence-corrected chi connectivity index (χ2v) is 6.51. The minimum absolute atomic E-state index is 0. The maximum atomic E-state index is 13.0. The number of carbonyl (C=O) groups excluding carboxylic acids is 2. The van der Waals surface area contributed by atoms with E-state index in [0.717, 1.165) is 55.6 Å². The summed E-state index contributed by atoms with van der Waals surface area (Å²) in [4.78, 5) is 26.5. The van der Waals surface area contributed by atoms with Gasteiger partial charge in [-0.15, -0.1) is 12.4 Å². The fourth-order valence-electron chi connectivity index (χ4n) is 3.98. The van der Waals surface area contributed by atoms with Gasteiger partial charge in [-0.2, -0.15) is 0 Å². The Labute approximate surface area is 142 Å². The van der Waals surface area contributed by atoms with Crippen LogP contribution in [0.3, 0.4) is 0 Å². The normalized spacial score (nSPS) is 25.9. The predicted molar refractivity (Wildman–Crippen MR) is 91.1 cm³/mol. The maximum Gasteiger partial charge on any atom is 0.254 e. The van der Waals surface area contributed by atoms with Crippen LogP contribution in [0.2, 0.25) is 0 Å². The van der Waals surface area contributed by atoms with E-state index in [1.807, 2.05) is 18.2 Å². The van der Waals surface area contributed by atoms with Crippen LogP contribution in [-0.4, -0.2) is 41.9 Å². The highest BCUT2D eigenvalue weighted by Crippen LogP contribution is 2.31. The molecule has 0 saturated carbocycles. The van der Waals surface area contributed by atoms with E-state index in [1.54, 1.807) is 0 Å². The van der Waals surface area contributed by atoms with Crippen molar-refractivity contribution in [1.29, 1.82) is 0 Å². The van der Waals surface area contributed by atoms with Gasteiger partial charge in [0, 0.05) is 36.3 Å². The van der Waals surface area contributed by atoms with Crippen molar-refractivity contribution in [3.63, 3.8) is 0 Å². The Morgan fingerprint density at radius 2 is 1.96 bits per heavy atom. The van der Waals surface area contributed by atoms with Crippen molar-refractivity contribution in [2.24, 2.45) is 0 Å². The first-order valence-electron chi connectivity index (χ1n) is 8.18. The molecule has 2 saturated heterocycles. The summed E-state index contributed by atoms with van der Waals surface area (Å²) in [6.07, 6.45) is 4.49. The molecule has 1 aromatic carbocycles. The molecule has 2 bridgehead atoms. The van der Waals surface area contributed by atoms with Gasteiger partial charge in [-0.1, -0.05) is 0 Å². The minimum Gasteiger partial charge on any atom is -0.331 e. The Bertz CT molecular complexity index is 620. The molecule has 6 heteroatoms. The van der Waals surface area contributed by atoms with Gasteiger partial charge in [0.2, 0.25) is 5.91 Å². The first-order valence-corrected chi connectivity index (χ1v) is 8.18. The lowest BCUT2D eigenvalue weighted by Gasteiger charge is -2.28. The van der Waals surface area contributed by atoms with Gasteiger partial charge in [-0.3, -0.25) is 9.59 Å². The molecule has 2 atom stereocenters. The van der Waals surface area contributed by atoms with Crippen molar-refractivity contribution < 1.29 is 9.59 Å². The SMILES string of the molecule is Cl.O=C1CCc2cc(C(=O)N3C4CCNCC3CC4)ccc2N1. The van der Waals surface area contributed by atoms with Gasteiger partial charge in [0.25, 0.3) is 5.91 Å². The van der Waals surface area contributed by atoms with E-state index < -0.39 is 0 Å².